The third-order valence-corrected chi connectivity index (χ3v) is 3.22. The first-order valence-corrected chi connectivity index (χ1v) is 6.45. The molecule has 1 aromatic heterocycles. The van der Waals surface area contributed by atoms with Crippen LogP contribution in [0.1, 0.15) is 35.8 Å². The summed E-state index contributed by atoms with van der Waals surface area (Å²) in [6, 6.07) is 0.138. The molecule has 1 atom stereocenters. The number of carboxylic acid groups (broad SMARTS) is 1. The van der Waals surface area contributed by atoms with Crippen LogP contribution < -0.4 is 5.32 Å². The molecule has 1 aromatic rings. The molecule has 1 amide bonds. The van der Waals surface area contributed by atoms with Crippen LogP contribution >= 0.6 is 0 Å². The molecule has 0 spiro atoms. The van der Waals surface area contributed by atoms with Gasteiger partial charge in [-0.1, -0.05) is 6.08 Å². The molecular formula is C13H15N3O5. The third kappa shape index (κ3) is 3.28. The molecule has 1 heterocycles. The largest absolute Gasteiger partial charge is 0.480 e. The monoisotopic (exact) mass is 293 g/mol. The van der Waals surface area contributed by atoms with Gasteiger partial charge in [0.2, 0.25) is 0 Å². The van der Waals surface area contributed by atoms with E-state index in [1.54, 1.807) is 4.57 Å². The summed E-state index contributed by atoms with van der Waals surface area (Å²) in [5, 5.41) is 22.2. The molecule has 21 heavy (non-hydrogen) atoms. The molecule has 2 N–H and O–H groups in total. The Kier molecular flexibility index (Phi) is 4.06. The molecule has 8 heteroatoms. The van der Waals surface area contributed by atoms with Crippen LogP contribution in [0.25, 0.3) is 0 Å². The van der Waals surface area contributed by atoms with E-state index in [4.69, 9.17) is 5.11 Å². The number of hydrogen-bond acceptors (Lipinski definition) is 4. The lowest BCUT2D eigenvalue weighted by Gasteiger charge is -2.13. The first-order valence-electron chi connectivity index (χ1n) is 6.45. The van der Waals surface area contributed by atoms with Crippen molar-refractivity contribution in [2.24, 2.45) is 0 Å². The van der Waals surface area contributed by atoms with E-state index in [2.05, 4.69) is 11.9 Å². The fraction of sp³-hybridized carbons (Fsp3) is 0.385. The van der Waals surface area contributed by atoms with Crippen LogP contribution in [0.3, 0.4) is 0 Å². The summed E-state index contributed by atoms with van der Waals surface area (Å²) in [5.41, 5.74) is -0.0674. The molecule has 0 aromatic carbocycles. The molecule has 1 unspecified atom stereocenters. The minimum atomic E-state index is -1.18. The number of nitrogens with zero attached hydrogens (tertiary/aromatic N) is 2. The predicted octanol–water partition coefficient (Wildman–Crippen LogP) is 1.49. The zero-order valence-electron chi connectivity index (χ0n) is 11.2. The highest BCUT2D eigenvalue weighted by atomic mass is 16.6. The Labute approximate surface area is 120 Å². The van der Waals surface area contributed by atoms with Gasteiger partial charge in [0.05, 0.1) is 11.1 Å². The van der Waals surface area contributed by atoms with E-state index >= 15 is 0 Å². The van der Waals surface area contributed by atoms with E-state index in [-0.39, 0.29) is 23.8 Å². The standard InChI is InChI=1S/C13H15N3O5/c1-2-3-10(13(18)19)14-12(17)11-6-9(16(20)21)7-15(11)8-4-5-8/h2,6-8,10H,1,3-5H2,(H,14,17)(H,18,19). The maximum Gasteiger partial charge on any atom is 0.326 e. The number of carbonyl (C=O) groups is 2. The van der Waals surface area contributed by atoms with Gasteiger partial charge in [0.1, 0.15) is 11.7 Å². The van der Waals surface area contributed by atoms with Crippen molar-refractivity contribution in [1.82, 2.24) is 9.88 Å². The number of rotatable bonds is 7. The Balaban J connectivity index is 2.23. The third-order valence-electron chi connectivity index (χ3n) is 3.22. The van der Waals surface area contributed by atoms with Crippen molar-refractivity contribution in [3.63, 3.8) is 0 Å². The Morgan fingerprint density at radius 2 is 2.29 bits per heavy atom. The zero-order chi connectivity index (χ0) is 15.6. The predicted molar refractivity (Wildman–Crippen MR) is 73.1 cm³/mol. The lowest BCUT2D eigenvalue weighted by molar-refractivity contribution is -0.384. The maximum atomic E-state index is 12.2. The number of nitrogens with one attached hydrogen (secondary N) is 1. The Morgan fingerprint density at radius 3 is 2.76 bits per heavy atom. The highest BCUT2D eigenvalue weighted by Gasteiger charge is 2.31. The van der Waals surface area contributed by atoms with Crippen molar-refractivity contribution in [3.8, 4) is 0 Å². The summed E-state index contributed by atoms with van der Waals surface area (Å²) >= 11 is 0. The molecule has 0 saturated heterocycles. The van der Waals surface area contributed by atoms with Crippen LogP contribution in [0, 0.1) is 10.1 Å². The summed E-state index contributed by atoms with van der Waals surface area (Å²) in [6.07, 6.45) is 4.48. The van der Waals surface area contributed by atoms with E-state index in [0.717, 1.165) is 12.8 Å². The minimum absolute atomic E-state index is 0.0714. The van der Waals surface area contributed by atoms with Crippen LogP contribution in [0.5, 0.6) is 0 Å². The number of carboxylic acids is 1. The van der Waals surface area contributed by atoms with Gasteiger partial charge < -0.3 is 15.0 Å². The topological polar surface area (TPSA) is 114 Å². The van der Waals surface area contributed by atoms with Crippen molar-refractivity contribution >= 4 is 17.6 Å². The second kappa shape index (κ2) is 5.78. The highest BCUT2D eigenvalue weighted by molar-refractivity contribution is 5.96. The van der Waals surface area contributed by atoms with Crippen LogP contribution in [-0.2, 0) is 4.79 Å². The number of hydrogen-bond donors (Lipinski definition) is 2. The van der Waals surface area contributed by atoms with E-state index < -0.39 is 22.8 Å². The van der Waals surface area contributed by atoms with Gasteiger partial charge in [-0.05, 0) is 19.3 Å². The lowest BCUT2D eigenvalue weighted by atomic mass is 10.2. The highest BCUT2D eigenvalue weighted by Crippen LogP contribution is 2.37. The minimum Gasteiger partial charge on any atom is -0.480 e. The summed E-state index contributed by atoms with van der Waals surface area (Å²) < 4.78 is 1.54. The van der Waals surface area contributed by atoms with Crippen LogP contribution in [-0.4, -0.2) is 32.5 Å². The SMILES string of the molecule is C=CCC(NC(=O)c1cc([N+](=O)[O-])cn1C1CC1)C(=O)O. The number of carbonyl (C=O) groups excluding carboxylic acids is 1. The summed E-state index contributed by atoms with van der Waals surface area (Å²) in [5.74, 6) is -1.81. The van der Waals surface area contributed by atoms with Gasteiger partial charge in [-0.3, -0.25) is 14.9 Å². The normalized spacial score (nSPS) is 15.2. The van der Waals surface area contributed by atoms with E-state index in [1.165, 1.54) is 18.3 Å². The molecule has 0 bridgehead atoms. The second-order valence-corrected chi connectivity index (χ2v) is 4.87. The van der Waals surface area contributed by atoms with Crippen molar-refractivity contribution in [1.29, 1.82) is 0 Å². The molecule has 112 valence electrons. The van der Waals surface area contributed by atoms with Crippen molar-refractivity contribution < 1.29 is 19.6 Å². The van der Waals surface area contributed by atoms with Gasteiger partial charge in [-0.15, -0.1) is 6.58 Å². The number of nitro groups is 1. The zero-order valence-corrected chi connectivity index (χ0v) is 11.2. The molecule has 0 aliphatic heterocycles. The van der Waals surface area contributed by atoms with Crippen LogP contribution in [0.4, 0.5) is 5.69 Å². The molecule has 1 saturated carbocycles. The molecular weight excluding hydrogens is 278 g/mol. The quantitative estimate of drug-likeness (QED) is 0.449. The van der Waals surface area contributed by atoms with E-state index in [1.807, 2.05) is 0 Å². The van der Waals surface area contributed by atoms with E-state index in [0.29, 0.717) is 0 Å². The van der Waals surface area contributed by atoms with Crippen molar-refractivity contribution in [2.75, 3.05) is 0 Å². The Bertz CT molecular complexity index is 603. The first-order chi connectivity index (χ1) is 9.93. The Hall–Kier alpha value is -2.64. The van der Waals surface area contributed by atoms with Gasteiger partial charge in [0.15, 0.2) is 0 Å². The van der Waals surface area contributed by atoms with Crippen molar-refractivity contribution in [3.05, 3.63) is 40.7 Å². The van der Waals surface area contributed by atoms with Gasteiger partial charge in [-0.25, -0.2) is 4.79 Å². The average Bonchev–Trinajstić information content (AvgIpc) is 3.16. The smallest absolute Gasteiger partial charge is 0.326 e. The lowest BCUT2D eigenvalue weighted by Crippen LogP contribution is -2.41. The summed E-state index contributed by atoms with van der Waals surface area (Å²) in [7, 11) is 0. The summed E-state index contributed by atoms with van der Waals surface area (Å²) in [6.45, 7) is 3.44. The molecule has 1 fully saturated rings. The fourth-order valence-corrected chi connectivity index (χ4v) is 2.02. The van der Waals surface area contributed by atoms with E-state index in [9.17, 15) is 19.7 Å². The summed E-state index contributed by atoms with van der Waals surface area (Å²) in [4.78, 5) is 33.4. The molecule has 1 aliphatic carbocycles. The molecule has 8 nitrogen and oxygen atoms in total. The van der Waals surface area contributed by atoms with Gasteiger partial charge in [-0.2, -0.15) is 0 Å². The molecule has 2 rings (SSSR count). The first kappa shape index (κ1) is 14.8. The van der Waals surface area contributed by atoms with Crippen LogP contribution in [0.2, 0.25) is 0 Å². The molecule has 0 radical (unpaired) electrons. The number of amides is 1. The van der Waals surface area contributed by atoms with Gasteiger partial charge in [0.25, 0.3) is 11.6 Å². The number of aromatic nitrogens is 1. The molecule has 1 aliphatic rings. The Morgan fingerprint density at radius 1 is 1.62 bits per heavy atom. The van der Waals surface area contributed by atoms with Crippen molar-refractivity contribution in [2.45, 2.75) is 31.3 Å². The maximum absolute atomic E-state index is 12.2. The number of aliphatic carboxylic acids is 1. The van der Waals surface area contributed by atoms with Crippen LogP contribution in [0.15, 0.2) is 24.9 Å². The second-order valence-electron chi connectivity index (χ2n) is 4.87. The fourth-order valence-electron chi connectivity index (χ4n) is 2.02. The average molecular weight is 293 g/mol. The van der Waals surface area contributed by atoms with Gasteiger partial charge in [0, 0.05) is 12.1 Å². The van der Waals surface area contributed by atoms with Gasteiger partial charge >= 0.3 is 5.97 Å².